The molecule has 3 atom stereocenters. The SMILES string of the molecule is C=CCC(CC)NC(=O)N[C@H]1CC[C@@H](C(=O)N2CCCCC2)C1. The number of carbonyl (C=O) groups excluding carboxylic acids is 2. The smallest absolute Gasteiger partial charge is 0.315 e. The van der Waals surface area contributed by atoms with E-state index in [9.17, 15) is 9.59 Å². The van der Waals surface area contributed by atoms with Crippen LogP contribution >= 0.6 is 0 Å². The van der Waals surface area contributed by atoms with Gasteiger partial charge in [-0.2, -0.15) is 0 Å². The summed E-state index contributed by atoms with van der Waals surface area (Å²) in [6, 6.07) is 0.143. The van der Waals surface area contributed by atoms with Gasteiger partial charge in [-0.25, -0.2) is 4.79 Å². The summed E-state index contributed by atoms with van der Waals surface area (Å²) in [7, 11) is 0. The van der Waals surface area contributed by atoms with Crippen LogP contribution in [0.2, 0.25) is 0 Å². The molecule has 2 fully saturated rings. The fourth-order valence-corrected chi connectivity index (χ4v) is 3.65. The number of hydrogen-bond acceptors (Lipinski definition) is 2. The summed E-state index contributed by atoms with van der Waals surface area (Å²) in [4.78, 5) is 26.6. The number of urea groups is 1. The van der Waals surface area contributed by atoms with Crippen LogP contribution in [-0.2, 0) is 4.79 Å². The third-order valence-corrected chi connectivity index (χ3v) is 5.06. The summed E-state index contributed by atoms with van der Waals surface area (Å²) in [5.41, 5.74) is 0. The third kappa shape index (κ3) is 5.26. The Morgan fingerprint density at radius 2 is 2.00 bits per heavy atom. The van der Waals surface area contributed by atoms with Crippen molar-refractivity contribution in [2.75, 3.05) is 13.1 Å². The number of carbonyl (C=O) groups is 2. The van der Waals surface area contributed by atoms with Crippen LogP contribution in [0.4, 0.5) is 4.79 Å². The van der Waals surface area contributed by atoms with Crippen molar-refractivity contribution in [1.29, 1.82) is 0 Å². The molecule has 0 aromatic heterocycles. The van der Waals surface area contributed by atoms with Crippen LogP contribution in [0.5, 0.6) is 0 Å². The highest BCUT2D eigenvalue weighted by Crippen LogP contribution is 2.28. The van der Waals surface area contributed by atoms with Gasteiger partial charge in [-0.1, -0.05) is 13.0 Å². The van der Waals surface area contributed by atoms with Gasteiger partial charge in [0, 0.05) is 31.1 Å². The summed E-state index contributed by atoms with van der Waals surface area (Å²) in [6.07, 6.45) is 9.57. The molecule has 130 valence electrons. The molecule has 1 heterocycles. The quantitative estimate of drug-likeness (QED) is 0.739. The van der Waals surface area contributed by atoms with Gasteiger partial charge < -0.3 is 15.5 Å². The largest absolute Gasteiger partial charge is 0.342 e. The van der Waals surface area contributed by atoms with E-state index in [-0.39, 0.29) is 24.0 Å². The third-order valence-electron chi connectivity index (χ3n) is 5.06. The van der Waals surface area contributed by atoms with Crippen LogP contribution in [0, 0.1) is 5.92 Å². The minimum atomic E-state index is -0.116. The molecule has 0 spiro atoms. The average molecular weight is 321 g/mol. The zero-order valence-electron chi connectivity index (χ0n) is 14.4. The Morgan fingerprint density at radius 1 is 1.26 bits per heavy atom. The second kappa shape index (κ2) is 8.94. The monoisotopic (exact) mass is 321 g/mol. The predicted molar refractivity (Wildman–Crippen MR) is 92.1 cm³/mol. The number of likely N-dealkylation sites (tertiary alicyclic amines) is 1. The first kappa shape index (κ1) is 17.8. The van der Waals surface area contributed by atoms with Crippen molar-refractivity contribution < 1.29 is 9.59 Å². The summed E-state index contributed by atoms with van der Waals surface area (Å²) < 4.78 is 0. The Bertz CT molecular complexity index is 418. The van der Waals surface area contributed by atoms with Gasteiger partial charge in [0.2, 0.25) is 5.91 Å². The lowest BCUT2D eigenvalue weighted by atomic mass is 10.0. The number of amides is 3. The lowest BCUT2D eigenvalue weighted by molar-refractivity contribution is -0.136. The van der Waals surface area contributed by atoms with Crippen molar-refractivity contribution in [3.63, 3.8) is 0 Å². The number of hydrogen-bond donors (Lipinski definition) is 2. The van der Waals surface area contributed by atoms with Crippen molar-refractivity contribution >= 4 is 11.9 Å². The molecule has 2 aliphatic rings. The fraction of sp³-hybridized carbons (Fsp3) is 0.778. The van der Waals surface area contributed by atoms with Crippen molar-refractivity contribution in [2.45, 2.75) is 70.4 Å². The zero-order chi connectivity index (χ0) is 16.7. The number of nitrogens with one attached hydrogen (secondary N) is 2. The van der Waals surface area contributed by atoms with Gasteiger partial charge in [0.25, 0.3) is 0 Å². The fourth-order valence-electron chi connectivity index (χ4n) is 3.65. The second-order valence-corrected chi connectivity index (χ2v) is 6.84. The molecule has 3 amide bonds. The molecule has 23 heavy (non-hydrogen) atoms. The van der Waals surface area contributed by atoms with Gasteiger partial charge in [0.1, 0.15) is 0 Å². The first-order valence-corrected chi connectivity index (χ1v) is 9.10. The molecule has 0 bridgehead atoms. The maximum atomic E-state index is 12.5. The molecule has 2 N–H and O–H groups in total. The van der Waals surface area contributed by atoms with Crippen LogP contribution < -0.4 is 10.6 Å². The van der Waals surface area contributed by atoms with Crippen LogP contribution in [-0.4, -0.2) is 42.0 Å². The zero-order valence-corrected chi connectivity index (χ0v) is 14.4. The standard InChI is InChI=1S/C18H31N3O2/c1-3-8-15(4-2)19-18(23)20-16-10-9-14(13-16)17(22)21-11-6-5-7-12-21/h3,14-16H,1,4-13H2,2H3,(H2,19,20,23)/t14-,15?,16+/m1/s1. The molecular formula is C18H31N3O2. The van der Waals surface area contributed by atoms with E-state index in [0.717, 1.165) is 58.0 Å². The number of nitrogens with zero attached hydrogens (tertiary/aromatic N) is 1. The van der Waals surface area contributed by atoms with E-state index >= 15 is 0 Å². The van der Waals surface area contributed by atoms with E-state index in [1.54, 1.807) is 0 Å². The van der Waals surface area contributed by atoms with Gasteiger partial charge in [0.15, 0.2) is 0 Å². The van der Waals surface area contributed by atoms with Gasteiger partial charge in [-0.05, 0) is 51.4 Å². The van der Waals surface area contributed by atoms with Crippen LogP contribution in [0.3, 0.4) is 0 Å². The molecule has 1 saturated heterocycles. The van der Waals surface area contributed by atoms with E-state index < -0.39 is 0 Å². The lowest BCUT2D eigenvalue weighted by Crippen LogP contribution is -2.45. The second-order valence-electron chi connectivity index (χ2n) is 6.84. The minimum absolute atomic E-state index is 0.0912. The molecule has 1 saturated carbocycles. The molecule has 0 aromatic rings. The maximum absolute atomic E-state index is 12.5. The van der Waals surface area contributed by atoms with Gasteiger partial charge in [-0.15, -0.1) is 6.58 Å². The molecule has 1 unspecified atom stereocenters. The topological polar surface area (TPSA) is 61.4 Å². The molecule has 2 rings (SSSR count). The normalized spacial score (nSPS) is 25.7. The molecule has 5 nitrogen and oxygen atoms in total. The molecule has 0 aromatic carbocycles. The van der Waals surface area contributed by atoms with E-state index in [4.69, 9.17) is 0 Å². The Labute approximate surface area is 139 Å². The van der Waals surface area contributed by atoms with Crippen LogP contribution in [0.15, 0.2) is 12.7 Å². The molecule has 0 radical (unpaired) electrons. The Balaban J connectivity index is 1.75. The maximum Gasteiger partial charge on any atom is 0.315 e. The summed E-state index contributed by atoms with van der Waals surface area (Å²) >= 11 is 0. The van der Waals surface area contributed by atoms with E-state index in [1.807, 2.05) is 11.0 Å². The highest BCUT2D eigenvalue weighted by atomic mass is 16.2. The highest BCUT2D eigenvalue weighted by Gasteiger charge is 2.33. The Hall–Kier alpha value is -1.52. The minimum Gasteiger partial charge on any atom is -0.342 e. The number of rotatable bonds is 6. The van der Waals surface area contributed by atoms with Crippen molar-refractivity contribution in [3.05, 3.63) is 12.7 Å². The summed E-state index contributed by atoms with van der Waals surface area (Å²) in [6.45, 7) is 7.59. The average Bonchev–Trinajstić information content (AvgIpc) is 3.02. The predicted octanol–water partition coefficient (Wildman–Crippen LogP) is 2.82. The molecule has 1 aliphatic carbocycles. The van der Waals surface area contributed by atoms with Crippen LogP contribution in [0.1, 0.15) is 58.3 Å². The Kier molecular flexibility index (Phi) is 6.93. The van der Waals surface area contributed by atoms with E-state index in [0.29, 0.717) is 5.91 Å². The van der Waals surface area contributed by atoms with E-state index in [2.05, 4.69) is 24.1 Å². The molecule has 1 aliphatic heterocycles. The van der Waals surface area contributed by atoms with Gasteiger partial charge in [-0.3, -0.25) is 4.79 Å². The van der Waals surface area contributed by atoms with Gasteiger partial charge >= 0.3 is 6.03 Å². The van der Waals surface area contributed by atoms with Crippen molar-refractivity contribution in [3.8, 4) is 0 Å². The highest BCUT2D eigenvalue weighted by molar-refractivity contribution is 5.80. The van der Waals surface area contributed by atoms with Crippen LogP contribution in [0.25, 0.3) is 0 Å². The Morgan fingerprint density at radius 3 is 2.65 bits per heavy atom. The first-order chi connectivity index (χ1) is 11.1. The van der Waals surface area contributed by atoms with Crippen molar-refractivity contribution in [1.82, 2.24) is 15.5 Å². The van der Waals surface area contributed by atoms with E-state index in [1.165, 1.54) is 6.42 Å². The number of piperidine rings is 1. The first-order valence-electron chi connectivity index (χ1n) is 9.10. The molecule has 5 heteroatoms. The summed E-state index contributed by atoms with van der Waals surface area (Å²) in [5.74, 6) is 0.390. The molecular weight excluding hydrogens is 290 g/mol. The summed E-state index contributed by atoms with van der Waals surface area (Å²) in [5, 5.41) is 6.02. The van der Waals surface area contributed by atoms with Crippen molar-refractivity contribution in [2.24, 2.45) is 5.92 Å². The lowest BCUT2D eigenvalue weighted by Gasteiger charge is -2.29. The van der Waals surface area contributed by atoms with Gasteiger partial charge in [0.05, 0.1) is 0 Å².